The summed E-state index contributed by atoms with van der Waals surface area (Å²) in [6.07, 6.45) is 0. The molecule has 0 aliphatic rings. The summed E-state index contributed by atoms with van der Waals surface area (Å²) in [6, 6.07) is 12.2. The Bertz CT molecular complexity index is 688. The van der Waals surface area contributed by atoms with Crippen molar-refractivity contribution in [3.63, 3.8) is 0 Å². The molecule has 0 radical (unpaired) electrons. The highest BCUT2D eigenvalue weighted by atomic mass is 32.2. The van der Waals surface area contributed by atoms with E-state index in [1.807, 2.05) is 32.0 Å². The van der Waals surface area contributed by atoms with Gasteiger partial charge < -0.3 is 0 Å². The molecule has 4 heteroatoms. The topological polar surface area (TPSA) is 54.4 Å². The van der Waals surface area contributed by atoms with Gasteiger partial charge in [0, 0.05) is 5.56 Å². The van der Waals surface area contributed by atoms with Gasteiger partial charge in [-0.05, 0) is 31.0 Å². The van der Waals surface area contributed by atoms with Crippen LogP contribution in [0.15, 0.2) is 47.4 Å². The smallest absolute Gasteiger partial charge is 0.282 e. The highest BCUT2D eigenvalue weighted by Crippen LogP contribution is 2.29. The maximum atomic E-state index is 11.4. The molecule has 0 aliphatic carbocycles. The predicted octanol–water partition coefficient (Wildman–Crippen LogP) is 3.22. The minimum Gasteiger partial charge on any atom is -0.282 e. The predicted molar refractivity (Wildman–Crippen MR) is 71.2 cm³/mol. The summed E-state index contributed by atoms with van der Waals surface area (Å²) < 4.78 is 32.0. The van der Waals surface area contributed by atoms with E-state index in [0.717, 1.165) is 16.7 Å². The standard InChI is InChI=1S/C14H14O3S/c1-10-7-8-12(11(2)9-10)13-5-3-4-6-14(13)18(15,16)17/h3-9H,1-2H3,(H,15,16,17). The van der Waals surface area contributed by atoms with Crippen LogP contribution in [0.1, 0.15) is 11.1 Å². The fourth-order valence-electron chi connectivity index (χ4n) is 2.03. The molecule has 0 atom stereocenters. The maximum absolute atomic E-state index is 11.4. The lowest BCUT2D eigenvalue weighted by Crippen LogP contribution is -2.01. The average molecular weight is 262 g/mol. The summed E-state index contributed by atoms with van der Waals surface area (Å²) in [5, 5.41) is 0. The molecule has 0 aromatic heterocycles. The molecular weight excluding hydrogens is 248 g/mol. The van der Waals surface area contributed by atoms with Crippen LogP contribution in [0.25, 0.3) is 11.1 Å². The van der Waals surface area contributed by atoms with E-state index < -0.39 is 10.1 Å². The van der Waals surface area contributed by atoms with Crippen LogP contribution in [0.2, 0.25) is 0 Å². The van der Waals surface area contributed by atoms with Crippen molar-refractivity contribution in [3.8, 4) is 11.1 Å². The second kappa shape index (κ2) is 4.55. The normalized spacial score (nSPS) is 11.5. The average Bonchev–Trinajstić information content (AvgIpc) is 2.28. The zero-order chi connectivity index (χ0) is 13.3. The lowest BCUT2D eigenvalue weighted by molar-refractivity contribution is 0.483. The molecule has 0 unspecified atom stereocenters. The summed E-state index contributed by atoms with van der Waals surface area (Å²) in [7, 11) is -4.21. The van der Waals surface area contributed by atoms with Gasteiger partial charge in [0.25, 0.3) is 10.1 Å². The SMILES string of the molecule is Cc1ccc(-c2ccccc2S(=O)(=O)O)c(C)c1. The minimum atomic E-state index is -4.21. The Morgan fingerprint density at radius 1 is 0.944 bits per heavy atom. The van der Waals surface area contributed by atoms with Crippen molar-refractivity contribution in [2.75, 3.05) is 0 Å². The summed E-state index contributed by atoms with van der Waals surface area (Å²) in [6.45, 7) is 3.90. The monoisotopic (exact) mass is 262 g/mol. The molecule has 0 saturated carbocycles. The van der Waals surface area contributed by atoms with E-state index in [-0.39, 0.29) is 4.90 Å². The number of benzene rings is 2. The molecule has 0 amide bonds. The largest absolute Gasteiger partial charge is 0.295 e. The van der Waals surface area contributed by atoms with Crippen molar-refractivity contribution in [2.45, 2.75) is 18.7 Å². The second-order valence-electron chi connectivity index (χ2n) is 4.29. The molecule has 18 heavy (non-hydrogen) atoms. The number of aryl methyl sites for hydroxylation is 2. The first-order valence-corrected chi connectivity index (χ1v) is 6.98. The molecule has 2 rings (SSSR count). The van der Waals surface area contributed by atoms with Crippen molar-refractivity contribution in [1.82, 2.24) is 0 Å². The third-order valence-corrected chi connectivity index (χ3v) is 3.75. The van der Waals surface area contributed by atoms with Crippen LogP contribution in [0, 0.1) is 13.8 Å². The highest BCUT2D eigenvalue weighted by Gasteiger charge is 2.16. The molecule has 0 bridgehead atoms. The van der Waals surface area contributed by atoms with Gasteiger partial charge in [-0.25, -0.2) is 0 Å². The maximum Gasteiger partial charge on any atom is 0.295 e. The quantitative estimate of drug-likeness (QED) is 0.845. The molecule has 3 nitrogen and oxygen atoms in total. The second-order valence-corrected chi connectivity index (χ2v) is 5.68. The Balaban J connectivity index is 2.72. The third-order valence-electron chi connectivity index (χ3n) is 2.84. The summed E-state index contributed by atoms with van der Waals surface area (Å²) >= 11 is 0. The van der Waals surface area contributed by atoms with Crippen LogP contribution in [0.4, 0.5) is 0 Å². The van der Waals surface area contributed by atoms with Crippen molar-refractivity contribution in [1.29, 1.82) is 0 Å². The molecule has 94 valence electrons. The van der Waals surface area contributed by atoms with Gasteiger partial charge in [0.1, 0.15) is 4.90 Å². The van der Waals surface area contributed by atoms with E-state index in [0.29, 0.717) is 5.56 Å². The van der Waals surface area contributed by atoms with Crippen LogP contribution < -0.4 is 0 Å². The van der Waals surface area contributed by atoms with E-state index in [4.69, 9.17) is 0 Å². The number of hydrogen-bond donors (Lipinski definition) is 1. The summed E-state index contributed by atoms with van der Waals surface area (Å²) in [4.78, 5) is -0.0584. The molecule has 0 saturated heterocycles. The van der Waals surface area contributed by atoms with Gasteiger partial charge in [-0.2, -0.15) is 8.42 Å². The van der Waals surface area contributed by atoms with Gasteiger partial charge >= 0.3 is 0 Å². The number of rotatable bonds is 2. The lowest BCUT2D eigenvalue weighted by atomic mass is 9.99. The zero-order valence-corrected chi connectivity index (χ0v) is 11.0. The zero-order valence-electron chi connectivity index (χ0n) is 10.2. The van der Waals surface area contributed by atoms with Gasteiger partial charge in [0.2, 0.25) is 0 Å². The fraction of sp³-hybridized carbons (Fsp3) is 0.143. The molecule has 1 N–H and O–H groups in total. The summed E-state index contributed by atoms with van der Waals surface area (Å²) in [5.74, 6) is 0. The highest BCUT2D eigenvalue weighted by molar-refractivity contribution is 7.86. The Morgan fingerprint density at radius 3 is 2.22 bits per heavy atom. The van der Waals surface area contributed by atoms with Crippen molar-refractivity contribution >= 4 is 10.1 Å². The first kappa shape index (κ1) is 12.8. The lowest BCUT2D eigenvalue weighted by Gasteiger charge is -2.10. The first-order chi connectivity index (χ1) is 8.39. The molecule has 2 aromatic carbocycles. The van der Waals surface area contributed by atoms with E-state index in [2.05, 4.69) is 0 Å². The van der Waals surface area contributed by atoms with Crippen LogP contribution in [-0.4, -0.2) is 13.0 Å². The molecule has 0 spiro atoms. The van der Waals surface area contributed by atoms with Crippen LogP contribution >= 0.6 is 0 Å². The number of hydrogen-bond acceptors (Lipinski definition) is 2. The van der Waals surface area contributed by atoms with Crippen molar-refractivity contribution < 1.29 is 13.0 Å². The Hall–Kier alpha value is -1.65. The van der Waals surface area contributed by atoms with Crippen LogP contribution in [0.5, 0.6) is 0 Å². The van der Waals surface area contributed by atoms with E-state index in [9.17, 15) is 13.0 Å². The Labute approximate surface area is 107 Å². The molecule has 2 aromatic rings. The third kappa shape index (κ3) is 2.44. The molecule has 0 heterocycles. The van der Waals surface area contributed by atoms with E-state index in [1.165, 1.54) is 6.07 Å². The van der Waals surface area contributed by atoms with Crippen LogP contribution in [0.3, 0.4) is 0 Å². The molecule has 0 fully saturated rings. The Kier molecular flexibility index (Phi) is 3.24. The molecule has 0 aliphatic heterocycles. The van der Waals surface area contributed by atoms with Gasteiger partial charge in [0.15, 0.2) is 0 Å². The van der Waals surface area contributed by atoms with Crippen LogP contribution in [-0.2, 0) is 10.1 Å². The fourth-order valence-corrected chi connectivity index (χ4v) is 2.74. The summed E-state index contributed by atoms with van der Waals surface area (Å²) in [5.41, 5.74) is 3.43. The van der Waals surface area contributed by atoms with Crippen molar-refractivity contribution in [2.24, 2.45) is 0 Å². The van der Waals surface area contributed by atoms with E-state index in [1.54, 1.807) is 18.2 Å². The van der Waals surface area contributed by atoms with Crippen molar-refractivity contribution in [3.05, 3.63) is 53.6 Å². The van der Waals surface area contributed by atoms with Gasteiger partial charge in [0.05, 0.1) is 0 Å². The van der Waals surface area contributed by atoms with Gasteiger partial charge in [-0.15, -0.1) is 0 Å². The van der Waals surface area contributed by atoms with E-state index >= 15 is 0 Å². The van der Waals surface area contributed by atoms with Gasteiger partial charge in [-0.3, -0.25) is 4.55 Å². The molecular formula is C14H14O3S. The minimum absolute atomic E-state index is 0.0584. The first-order valence-electron chi connectivity index (χ1n) is 5.54. The van der Waals surface area contributed by atoms with Gasteiger partial charge in [-0.1, -0.05) is 42.0 Å². The Morgan fingerprint density at radius 2 is 1.61 bits per heavy atom.